The average molecular weight is 375 g/mol. The van der Waals surface area contributed by atoms with Gasteiger partial charge in [-0.3, -0.25) is 4.90 Å². The number of carbonyl (C=O) groups is 1. The first-order valence-corrected chi connectivity index (χ1v) is 9.94. The highest BCUT2D eigenvalue weighted by molar-refractivity contribution is 5.90. The molecule has 2 heterocycles. The Labute approximate surface area is 160 Å². The molecule has 27 heavy (non-hydrogen) atoms. The predicted octanol–water partition coefficient (Wildman–Crippen LogP) is 3.59. The van der Waals surface area contributed by atoms with Crippen LogP contribution >= 0.6 is 0 Å². The molecule has 6 heteroatoms. The van der Waals surface area contributed by atoms with E-state index in [-0.39, 0.29) is 17.7 Å². The second-order valence-corrected chi connectivity index (χ2v) is 8.13. The van der Waals surface area contributed by atoms with Crippen LogP contribution in [0, 0.1) is 5.92 Å². The van der Waals surface area contributed by atoms with Crippen molar-refractivity contribution in [2.24, 2.45) is 5.92 Å². The third-order valence-electron chi connectivity index (χ3n) is 6.63. The Morgan fingerprint density at radius 3 is 2.81 bits per heavy atom. The number of aromatic carboxylic acids is 1. The summed E-state index contributed by atoms with van der Waals surface area (Å²) >= 11 is 0. The van der Waals surface area contributed by atoms with Crippen molar-refractivity contribution in [1.29, 1.82) is 0 Å². The fourth-order valence-corrected chi connectivity index (χ4v) is 5.25. The number of hydrogen-bond donors (Lipinski definition) is 1. The highest BCUT2D eigenvalue weighted by atomic mass is 16.7. The zero-order valence-electron chi connectivity index (χ0n) is 16.3. The van der Waals surface area contributed by atoms with Crippen molar-refractivity contribution in [2.45, 2.75) is 70.1 Å². The molecule has 2 aliphatic heterocycles. The molecular formula is C21H29NO5. The molecule has 0 aromatic heterocycles. The topological polar surface area (TPSA) is 68.2 Å². The molecule has 5 atom stereocenters. The summed E-state index contributed by atoms with van der Waals surface area (Å²) in [6, 6.07) is 5.71. The third kappa shape index (κ3) is 3.13. The Kier molecular flexibility index (Phi) is 4.91. The maximum atomic E-state index is 11.9. The Morgan fingerprint density at radius 2 is 2.15 bits per heavy atom. The van der Waals surface area contributed by atoms with Crippen LogP contribution < -0.4 is 4.74 Å². The summed E-state index contributed by atoms with van der Waals surface area (Å²) in [5.74, 6) is -0.0636. The van der Waals surface area contributed by atoms with Gasteiger partial charge in [-0.05, 0) is 57.6 Å². The van der Waals surface area contributed by atoms with Crippen LogP contribution in [0.3, 0.4) is 0 Å². The molecule has 1 aromatic rings. The summed E-state index contributed by atoms with van der Waals surface area (Å²) in [5.41, 5.74) is 0.296. The van der Waals surface area contributed by atoms with E-state index in [4.69, 9.17) is 14.2 Å². The summed E-state index contributed by atoms with van der Waals surface area (Å²) in [7, 11) is 1.77. The number of rotatable bonds is 4. The van der Waals surface area contributed by atoms with E-state index in [1.54, 1.807) is 19.2 Å². The zero-order chi connectivity index (χ0) is 19.2. The molecule has 4 rings (SSSR count). The first-order valence-electron chi connectivity index (χ1n) is 9.94. The Morgan fingerprint density at radius 1 is 1.33 bits per heavy atom. The first-order chi connectivity index (χ1) is 12.9. The van der Waals surface area contributed by atoms with Crippen molar-refractivity contribution < 1.29 is 24.1 Å². The van der Waals surface area contributed by atoms with Crippen molar-refractivity contribution in [3.05, 3.63) is 29.3 Å². The van der Waals surface area contributed by atoms with Gasteiger partial charge in [-0.2, -0.15) is 0 Å². The molecule has 1 N–H and O–H groups in total. The van der Waals surface area contributed by atoms with Crippen LogP contribution in [0.4, 0.5) is 0 Å². The van der Waals surface area contributed by atoms with Gasteiger partial charge in [-0.25, -0.2) is 4.79 Å². The van der Waals surface area contributed by atoms with E-state index in [0.29, 0.717) is 17.4 Å². The van der Waals surface area contributed by atoms with Gasteiger partial charge in [0, 0.05) is 25.3 Å². The highest BCUT2D eigenvalue weighted by Gasteiger charge is 2.49. The predicted molar refractivity (Wildman–Crippen MR) is 99.8 cm³/mol. The van der Waals surface area contributed by atoms with Crippen molar-refractivity contribution in [2.75, 3.05) is 13.7 Å². The molecule has 0 amide bonds. The Balaban J connectivity index is 1.67. The van der Waals surface area contributed by atoms with Crippen LogP contribution in [-0.2, 0) is 15.1 Å². The monoisotopic (exact) mass is 375 g/mol. The molecule has 5 unspecified atom stereocenters. The van der Waals surface area contributed by atoms with E-state index in [2.05, 4.69) is 4.90 Å². The van der Waals surface area contributed by atoms with Crippen LogP contribution in [0.25, 0.3) is 0 Å². The summed E-state index contributed by atoms with van der Waals surface area (Å²) in [5, 5.41) is 9.76. The number of fused-ring (bicyclic) bond motifs is 1. The van der Waals surface area contributed by atoms with E-state index < -0.39 is 17.9 Å². The van der Waals surface area contributed by atoms with Gasteiger partial charge in [0.1, 0.15) is 17.6 Å². The van der Waals surface area contributed by atoms with Gasteiger partial charge in [-0.15, -0.1) is 0 Å². The van der Waals surface area contributed by atoms with E-state index in [1.165, 1.54) is 0 Å². The Hall–Kier alpha value is -1.63. The lowest BCUT2D eigenvalue weighted by Crippen LogP contribution is -2.56. The maximum absolute atomic E-state index is 11.9. The second-order valence-electron chi connectivity index (χ2n) is 8.13. The summed E-state index contributed by atoms with van der Waals surface area (Å²) in [6.45, 7) is 5.00. The average Bonchev–Trinajstić information content (AvgIpc) is 2.60. The lowest BCUT2D eigenvalue weighted by Gasteiger charge is -2.51. The molecule has 2 fully saturated rings. The van der Waals surface area contributed by atoms with Gasteiger partial charge >= 0.3 is 5.97 Å². The number of ether oxygens (including phenoxy) is 3. The standard InChI is InChI=1S/C21H29NO5/c1-13-26-17-9-5-8-16(20(23)24)19(17)21(2,27-13)14-6-4-7-15(12-14)22-11-10-18(22)25-3/h5,8-9,13-15,18H,4,6-7,10-12H2,1-3H3,(H,23,24). The normalized spacial score (nSPS) is 36.4. The quantitative estimate of drug-likeness (QED) is 0.867. The number of carboxylic acids is 1. The largest absolute Gasteiger partial charge is 0.478 e. The summed E-state index contributed by atoms with van der Waals surface area (Å²) in [4.78, 5) is 14.3. The van der Waals surface area contributed by atoms with Crippen molar-refractivity contribution >= 4 is 5.97 Å². The minimum absolute atomic E-state index is 0.220. The van der Waals surface area contributed by atoms with Gasteiger partial charge in [-0.1, -0.05) is 12.5 Å². The van der Waals surface area contributed by atoms with E-state index in [9.17, 15) is 9.90 Å². The van der Waals surface area contributed by atoms with Crippen molar-refractivity contribution in [1.82, 2.24) is 4.90 Å². The number of carboxylic acid groups (broad SMARTS) is 1. The Bertz CT molecular complexity index is 721. The molecule has 0 bridgehead atoms. The van der Waals surface area contributed by atoms with E-state index in [1.807, 2.05) is 19.9 Å². The van der Waals surface area contributed by atoms with Crippen LogP contribution in [0.1, 0.15) is 61.9 Å². The van der Waals surface area contributed by atoms with Crippen molar-refractivity contribution in [3.63, 3.8) is 0 Å². The number of likely N-dealkylation sites (tertiary alicyclic amines) is 1. The molecule has 1 aliphatic carbocycles. The van der Waals surface area contributed by atoms with Gasteiger partial charge in [0.25, 0.3) is 0 Å². The number of nitrogens with zero attached hydrogens (tertiary/aromatic N) is 1. The maximum Gasteiger partial charge on any atom is 0.336 e. The lowest BCUT2D eigenvalue weighted by atomic mass is 9.70. The number of methoxy groups -OCH3 is 1. The molecule has 6 nitrogen and oxygen atoms in total. The lowest BCUT2D eigenvalue weighted by molar-refractivity contribution is -0.214. The molecule has 1 saturated carbocycles. The summed E-state index contributed by atoms with van der Waals surface area (Å²) < 4.78 is 17.7. The van der Waals surface area contributed by atoms with E-state index in [0.717, 1.165) is 38.6 Å². The molecular weight excluding hydrogens is 346 g/mol. The fourth-order valence-electron chi connectivity index (χ4n) is 5.25. The molecule has 3 aliphatic rings. The molecule has 0 spiro atoms. The molecule has 148 valence electrons. The zero-order valence-corrected chi connectivity index (χ0v) is 16.3. The minimum Gasteiger partial charge on any atom is -0.478 e. The van der Waals surface area contributed by atoms with Gasteiger partial charge in [0.05, 0.1) is 5.56 Å². The smallest absolute Gasteiger partial charge is 0.336 e. The first kappa shape index (κ1) is 18.7. The molecule has 1 aromatic carbocycles. The van der Waals surface area contributed by atoms with Gasteiger partial charge < -0.3 is 19.3 Å². The minimum atomic E-state index is -0.936. The molecule has 0 radical (unpaired) electrons. The van der Waals surface area contributed by atoms with Gasteiger partial charge in [0.15, 0.2) is 6.29 Å². The molecule has 1 saturated heterocycles. The highest BCUT2D eigenvalue weighted by Crippen LogP contribution is 2.50. The van der Waals surface area contributed by atoms with Crippen LogP contribution in [0.15, 0.2) is 18.2 Å². The van der Waals surface area contributed by atoms with Crippen LogP contribution in [-0.4, -0.2) is 48.2 Å². The third-order valence-corrected chi connectivity index (χ3v) is 6.63. The summed E-state index contributed by atoms with van der Waals surface area (Å²) in [6.07, 6.45) is 5.19. The van der Waals surface area contributed by atoms with Gasteiger partial charge in [0.2, 0.25) is 0 Å². The van der Waals surface area contributed by atoms with E-state index >= 15 is 0 Å². The van der Waals surface area contributed by atoms with Crippen molar-refractivity contribution in [3.8, 4) is 5.75 Å². The SMILES string of the molecule is COC1CCN1C1CCCC(C2(C)OC(C)Oc3cccc(C(=O)O)c32)C1. The second kappa shape index (κ2) is 7.08. The van der Waals surface area contributed by atoms with Crippen LogP contribution in [0.2, 0.25) is 0 Å². The number of benzene rings is 1. The number of hydrogen-bond acceptors (Lipinski definition) is 5. The van der Waals surface area contributed by atoms with Crippen LogP contribution in [0.5, 0.6) is 5.75 Å². The fraction of sp³-hybridized carbons (Fsp3) is 0.667.